The number of hydrogen-bond donors (Lipinski definition) is 2. The molecule has 176 valence electrons. The van der Waals surface area contributed by atoms with Crippen LogP contribution in [0.2, 0.25) is 5.28 Å². The lowest BCUT2D eigenvalue weighted by atomic mass is 9.89. The van der Waals surface area contributed by atoms with Crippen LogP contribution < -0.4 is 15.8 Å². The van der Waals surface area contributed by atoms with Gasteiger partial charge in [-0.2, -0.15) is 0 Å². The third-order valence-corrected chi connectivity index (χ3v) is 5.93. The first-order chi connectivity index (χ1) is 16.4. The Morgan fingerprint density at radius 1 is 1.24 bits per heavy atom. The summed E-state index contributed by atoms with van der Waals surface area (Å²) in [7, 11) is 2.04. The lowest BCUT2D eigenvalue weighted by Crippen LogP contribution is -2.33. The molecule has 0 amide bonds. The maximum absolute atomic E-state index is 13.4. The fourth-order valence-electron chi connectivity index (χ4n) is 4.11. The van der Waals surface area contributed by atoms with E-state index in [9.17, 15) is 4.39 Å². The summed E-state index contributed by atoms with van der Waals surface area (Å²) < 4.78 is 19.2. The third-order valence-electron chi connectivity index (χ3n) is 5.76. The summed E-state index contributed by atoms with van der Waals surface area (Å²) in [5.74, 6) is 0.954. The molecule has 1 aliphatic heterocycles. The number of aromatic nitrogens is 2. The molecule has 1 unspecified atom stereocenters. The number of nitrogens with zero attached hydrogens (tertiary/aromatic N) is 4. The number of ether oxygens (including phenoxy) is 1. The van der Waals surface area contributed by atoms with Crippen LogP contribution >= 0.6 is 11.6 Å². The molecule has 1 aliphatic rings. The maximum atomic E-state index is 13.4. The molecule has 0 radical (unpaired) electrons. The molecule has 1 atom stereocenters. The number of halogens is 2. The smallest absolute Gasteiger partial charge is 0.228 e. The molecule has 3 N–H and O–H groups in total. The summed E-state index contributed by atoms with van der Waals surface area (Å²) in [4.78, 5) is 14.6. The van der Waals surface area contributed by atoms with Crippen LogP contribution in [-0.2, 0) is 6.54 Å². The second-order valence-corrected chi connectivity index (χ2v) is 8.67. The van der Waals surface area contributed by atoms with Crippen LogP contribution in [0.1, 0.15) is 35.6 Å². The van der Waals surface area contributed by atoms with E-state index >= 15 is 0 Å². The molecule has 1 aromatic heterocycles. The van der Waals surface area contributed by atoms with Gasteiger partial charge in [-0.1, -0.05) is 18.2 Å². The number of nitrogen functional groups attached to an aromatic ring is 1. The Kier molecular flexibility index (Phi) is 7.46. The predicted octanol–water partition coefficient (Wildman–Crippen LogP) is 5.25. The van der Waals surface area contributed by atoms with E-state index in [-0.39, 0.29) is 17.0 Å². The van der Waals surface area contributed by atoms with Gasteiger partial charge in [0.2, 0.25) is 11.0 Å². The average molecular weight is 481 g/mol. The summed E-state index contributed by atoms with van der Waals surface area (Å²) in [5.41, 5.74) is 9.69. The number of nitrogens with one attached hydrogen (secondary N) is 1. The first-order valence-electron chi connectivity index (χ1n) is 11.1. The largest absolute Gasteiger partial charge is 0.505 e. The first-order valence-corrected chi connectivity index (χ1v) is 11.5. The molecule has 2 heterocycles. The monoisotopic (exact) mass is 480 g/mol. The lowest BCUT2D eigenvalue weighted by Gasteiger charge is -2.32. The Labute approximate surface area is 203 Å². The SMILES string of the molecule is [C-]#[N+]c1ccc(N)cc1OCCCCNc1nc(Cl)nc2c1CN(C)CC2c1ccc(F)cc1. The van der Waals surface area contributed by atoms with E-state index in [2.05, 4.69) is 25.0 Å². The van der Waals surface area contributed by atoms with Gasteiger partial charge in [0.05, 0.1) is 18.9 Å². The highest BCUT2D eigenvalue weighted by atomic mass is 35.5. The molecule has 34 heavy (non-hydrogen) atoms. The highest BCUT2D eigenvalue weighted by Gasteiger charge is 2.29. The number of likely N-dealkylation sites (N-methyl/N-ethyl adjacent to an activating group) is 1. The molecular formula is C25H26ClFN6O. The zero-order valence-electron chi connectivity index (χ0n) is 18.9. The number of nitrogens with two attached hydrogens (primary N) is 1. The summed E-state index contributed by atoms with van der Waals surface area (Å²) in [5, 5.41) is 3.59. The van der Waals surface area contributed by atoms with Gasteiger partial charge in [0.1, 0.15) is 17.4 Å². The van der Waals surface area contributed by atoms with Crippen LogP contribution in [0.5, 0.6) is 5.75 Å². The van der Waals surface area contributed by atoms with E-state index in [4.69, 9.17) is 28.6 Å². The van der Waals surface area contributed by atoms with Crippen LogP contribution in [0.3, 0.4) is 0 Å². The Bertz CT molecular complexity index is 1200. The molecule has 2 aromatic carbocycles. The quantitative estimate of drug-likeness (QED) is 0.198. The van der Waals surface area contributed by atoms with Crippen LogP contribution in [0.4, 0.5) is 21.6 Å². The lowest BCUT2D eigenvalue weighted by molar-refractivity contribution is 0.291. The van der Waals surface area contributed by atoms with Crippen molar-refractivity contribution in [2.24, 2.45) is 0 Å². The summed E-state index contributed by atoms with van der Waals surface area (Å²) in [6.45, 7) is 9.86. The zero-order valence-corrected chi connectivity index (χ0v) is 19.6. The molecular weight excluding hydrogens is 455 g/mol. The highest BCUT2D eigenvalue weighted by Crippen LogP contribution is 2.35. The van der Waals surface area contributed by atoms with Gasteiger partial charge in [0.15, 0.2) is 0 Å². The normalized spacial score (nSPS) is 15.4. The van der Waals surface area contributed by atoms with Gasteiger partial charge in [-0.25, -0.2) is 19.2 Å². The van der Waals surface area contributed by atoms with E-state index < -0.39 is 0 Å². The second-order valence-electron chi connectivity index (χ2n) is 8.33. The summed E-state index contributed by atoms with van der Waals surface area (Å²) >= 11 is 6.28. The fraction of sp³-hybridized carbons (Fsp3) is 0.320. The number of benzene rings is 2. The molecule has 0 saturated carbocycles. The Balaban J connectivity index is 1.39. The standard InChI is InChI=1S/C25H26ClFN6O/c1-29-21-10-9-18(28)13-22(21)34-12-4-3-11-30-24-20-15-33(2)14-19(23(20)31-25(26)32-24)16-5-7-17(27)8-6-16/h5-10,13,19H,3-4,11-12,14-15,28H2,2H3,(H,30,31,32). The molecule has 7 nitrogen and oxygen atoms in total. The number of unbranched alkanes of at least 4 members (excludes halogenated alkanes) is 1. The molecule has 0 spiro atoms. The first kappa shape index (κ1) is 23.7. The van der Waals surface area contributed by atoms with Crippen molar-refractivity contribution in [3.8, 4) is 5.75 Å². The van der Waals surface area contributed by atoms with Gasteiger partial charge >= 0.3 is 0 Å². The molecule has 0 bridgehead atoms. The summed E-state index contributed by atoms with van der Waals surface area (Å²) in [6, 6.07) is 11.6. The van der Waals surface area contributed by atoms with Gasteiger partial charge in [-0.05, 0) is 61.3 Å². The number of rotatable bonds is 8. The minimum absolute atomic E-state index is 0.0150. The predicted molar refractivity (Wildman–Crippen MR) is 132 cm³/mol. The Hall–Kier alpha value is -3.41. The Morgan fingerprint density at radius 2 is 2.03 bits per heavy atom. The van der Waals surface area contributed by atoms with Crippen LogP contribution in [0.25, 0.3) is 4.85 Å². The molecule has 9 heteroatoms. The van der Waals surface area contributed by atoms with Crippen LogP contribution in [-0.4, -0.2) is 41.6 Å². The highest BCUT2D eigenvalue weighted by molar-refractivity contribution is 6.28. The minimum Gasteiger partial charge on any atom is -0.505 e. The molecule has 0 saturated heterocycles. The number of fused-ring (bicyclic) bond motifs is 1. The van der Waals surface area contributed by atoms with Crippen LogP contribution in [0, 0.1) is 12.4 Å². The Morgan fingerprint density at radius 3 is 2.79 bits per heavy atom. The van der Waals surface area contributed by atoms with Gasteiger partial charge in [0.25, 0.3) is 0 Å². The van der Waals surface area contributed by atoms with Gasteiger partial charge in [0, 0.05) is 36.8 Å². The van der Waals surface area contributed by atoms with E-state index in [1.165, 1.54) is 12.1 Å². The second kappa shape index (κ2) is 10.7. The van der Waals surface area contributed by atoms with Crippen molar-refractivity contribution in [1.29, 1.82) is 0 Å². The van der Waals surface area contributed by atoms with E-state index in [1.54, 1.807) is 30.3 Å². The van der Waals surface area contributed by atoms with E-state index in [0.717, 1.165) is 42.0 Å². The third kappa shape index (κ3) is 5.56. The van der Waals surface area contributed by atoms with E-state index in [0.29, 0.717) is 36.8 Å². The van der Waals surface area contributed by atoms with Crippen molar-refractivity contribution in [1.82, 2.24) is 14.9 Å². The fourth-order valence-corrected chi connectivity index (χ4v) is 4.28. The zero-order chi connectivity index (χ0) is 24.1. The maximum Gasteiger partial charge on any atom is 0.228 e. The van der Waals surface area contributed by atoms with Crippen molar-refractivity contribution < 1.29 is 9.13 Å². The van der Waals surface area contributed by atoms with Gasteiger partial charge in [-0.15, -0.1) is 0 Å². The molecule has 4 rings (SSSR count). The minimum atomic E-state index is -0.263. The van der Waals surface area contributed by atoms with Crippen molar-refractivity contribution >= 4 is 28.8 Å². The number of hydrogen-bond acceptors (Lipinski definition) is 6. The van der Waals surface area contributed by atoms with Crippen molar-refractivity contribution in [3.05, 3.63) is 81.8 Å². The van der Waals surface area contributed by atoms with Crippen molar-refractivity contribution in [2.75, 3.05) is 37.8 Å². The number of anilines is 2. The van der Waals surface area contributed by atoms with Crippen molar-refractivity contribution in [2.45, 2.75) is 25.3 Å². The van der Waals surface area contributed by atoms with Gasteiger partial charge in [-0.3, -0.25) is 0 Å². The van der Waals surface area contributed by atoms with E-state index in [1.807, 2.05) is 7.05 Å². The molecule has 3 aromatic rings. The average Bonchev–Trinajstić information content (AvgIpc) is 2.82. The topological polar surface area (TPSA) is 80.7 Å². The molecule has 0 aliphatic carbocycles. The summed E-state index contributed by atoms with van der Waals surface area (Å²) in [6.07, 6.45) is 1.63. The molecule has 0 fully saturated rings. The van der Waals surface area contributed by atoms with Gasteiger partial charge < -0.3 is 20.7 Å². The van der Waals surface area contributed by atoms with Crippen LogP contribution in [0.15, 0.2) is 42.5 Å². The van der Waals surface area contributed by atoms with Crippen molar-refractivity contribution in [3.63, 3.8) is 0 Å².